The van der Waals surface area contributed by atoms with Gasteiger partial charge >= 0.3 is 5.97 Å². The molecule has 0 atom stereocenters. The summed E-state index contributed by atoms with van der Waals surface area (Å²) in [5, 5.41) is 2.87. The topological polar surface area (TPSA) is 55.4 Å². The van der Waals surface area contributed by atoms with Crippen LogP contribution in [0.1, 0.15) is 45.1 Å². The van der Waals surface area contributed by atoms with Crippen molar-refractivity contribution in [2.75, 3.05) is 5.32 Å². The Morgan fingerprint density at radius 1 is 1.19 bits per heavy atom. The van der Waals surface area contributed by atoms with E-state index in [2.05, 4.69) is 19.2 Å². The molecule has 136 valence electrons. The summed E-state index contributed by atoms with van der Waals surface area (Å²) in [5.74, 6) is 0.240. The van der Waals surface area contributed by atoms with E-state index in [9.17, 15) is 9.59 Å². The Labute approximate surface area is 154 Å². The number of ether oxygens (including phenoxy) is 1. The Kier molecular flexibility index (Phi) is 5.71. The predicted octanol–water partition coefficient (Wildman–Crippen LogP) is 4.89. The van der Waals surface area contributed by atoms with Crippen molar-refractivity contribution >= 4 is 23.1 Å². The molecule has 0 bridgehead atoms. The third-order valence-electron chi connectivity index (χ3n) is 4.74. The molecule has 0 fully saturated rings. The number of amides is 1. The largest absolute Gasteiger partial charge is 0.426 e. The second-order valence-corrected chi connectivity index (χ2v) is 6.78. The van der Waals surface area contributed by atoms with E-state index >= 15 is 0 Å². The van der Waals surface area contributed by atoms with Gasteiger partial charge in [0.2, 0.25) is 0 Å². The molecular weight excluding hydrogens is 326 g/mol. The molecule has 4 nitrogen and oxygen atoms in total. The number of benzene rings is 1. The predicted molar refractivity (Wildman–Crippen MR) is 104 cm³/mol. The second-order valence-electron chi connectivity index (χ2n) is 6.78. The molecule has 4 heteroatoms. The van der Waals surface area contributed by atoms with E-state index in [1.54, 1.807) is 18.2 Å². The van der Waals surface area contributed by atoms with Crippen molar-refractivity contribution in [3.63, 3.8) is 0 Å². The number of anilines is 1. The quantitative estimate of drug-likeness (QED) is 0.432. The van der Waals surface area contributed by atoms with E-state index in [1.807, 2.05) is 30.4 Å². The summed E-state index contributed by atoms with van der Waals surface area (Å²) in [4.78, 5) is 24.8. The van der Waals surface area contributed by atoms with Crippen LogP contribution in [0.2, 0.25) is 0 Å². The zero-order valence-corrected chi connectivity index (χ0v) is 15.3. The molecule has 0 aromatic heterocycles. The normalized spacial score (nSPS) is 17.2. The van der Waals surface area contributed by atoms with Crippen molar-refractivity contribution in [3.05, 3.63) is 54.1 Å². The molecule has 0 unspecified atom stereocenters. The monoisotopic (exact) mass is 351 g/mol. The van der Waals surface area contributed by atoms with E-state index in [0.717, 1.165) is 36.9 Å². The number of allylic oxidation sites excluding steroid dienone is 5. The Balaban J connectivity index is 1.81. The van der Waals surface area contributed by atoms with Crippen LogP contribution in [0.25, 0.3) is 5.57 Å². The van der Waals surface area contributed by atoms with Crippen LogP contribution in [0.3, 0.4) is 0 Å². The second kappa shape index (κ2) is 8.17. The van der Waals surface area contributed by atoms with Gasteiger partial charge < -0.3 is 10.1 Å². The summed E-state index contributed by atoms with van der Waals surface area (Å²) in [6.07, 6.45) is 13.5. The highest BCUT2D eigenvalue weighted by molar-refractivity contribution is 6.31. The van der Waals surface area contributed by atoms with Crippen LogP contribution in [0, 0.1) is 11.8 Å². The van der Waals surface area contributed by atoms with Crippen LogP contribution in [-0.4, -0.2) is 11.9 Å². The Bertz CT molecular complexity index is 771. The molecular formula is C22H25NO3. The summed E-state index contributed by atoms with van der Waals surface area (Å²) in [5.41, 5.74) is 2.17. The lowest BCUT2D eigenvalue weighted by atomic mass is 9.98. The van der Waals surface area contributed by atoms with E-state index in [4.69, 9.17) is 4.74 Å². The van der Waals surface area contributed by atoms with E-state index < -0.39 is 0 Å². The highest BCUT2D eigenvalue weighted by atomic mass is 16.5. The summed E-state index contributed by atoms with van der Waals surface area (Å²) in [6.45, 7) is 4.15. The van der Waals surface area contributed by atoms with Gasteiger partial charge in [-0.15, -0.1) is 0 Å². The first-order valence-electron chi connectivity index (χ1n) is 9.36. The summed E-state index contributed by atoms with van der Waals surface area (Å²) in [7, 11) is 0. The number of carbonyl (C=O) groups excluding carboxylic acids is 2. The highest BCUT2D eigenvalue weighted by Gasteiger charge is 2.26. The maximum Gasteiger partial charge on any atom is 0.314 e. The highest BCUT2D eigenvalue weighted by Crippen LogP contribution is 2.36. The molecule has 1 amide bonds. The van der Waals surface area contributed by atoms with Crippen LogP contribution in [0.4, 0.5) is 5.69 Å². The van der Waals surface area contributed by atoms with Gasteiger partial charge in [-0.1, -0.05) is 57.1 Å². The van der Waals surface area contributed by atoms with Crippen molar-refractivity contribution in [2.45, 2.75) is 39.5 Å². The fourth-order valence-corrected chi connectivity index (χ4v) is 3.43. The fraction of sp³-hybridized carbons (Fsp3) is 0.364. The zero-order valence-electron chi connectivity index (χ0n) is 15.3. The summed E-state index contributed by atoms with van der Waals surface area (Å²) >= 11 is 0. The fourth-order valence-electron chi connectivity index (χ4n) is 3.43. The van der Waals surface area contributed by atoms with Crippen LogP contribution in [0.5, 0.6) is 5.75 Å². The number of rotatable bonds is 7. The minimum Gasteiger partial charge on any atom is -0.426 e. The van der Waals surface area contributed by atoms with E-state index in [-0.39, 0.29) is 23.7 Å². The van der Waals surface area contributed by atoms with Crippen LogP contribution in [0.15, 0.2) is 48.6 Å². The lowest BCUT2D eigenvalue weighted by Crippen LogP contribution is -2.20. The lowest BCUT2D eigenvalue weighted by Gasteiger charge is -2.14. The number of fused-ring (bicyclic) bond motifs is 1. The first-order valence-corrected chi connectivity index (χ1v) is 9.36. The van der Waals surface area contributed by atoms with E-state index in [1.165, 1.54) is 0 Å². The summed E-state index contributed by atoms with van der Waals surface area (Å²) < 4.78 is 5.63. The van der Waals surface area contributed by atoms with Gasteiger partial charge in [0, 0.05) is 22.7 Å². The molecule has 0 spiro atoms. The van der Waals surface area contributed by atoms with Crippen LogP contribution < -0.4 is 10.1 Å². The third-order valence-corrected chi connectivity index (χ3v) is 4.74. The Morgan fingerprint density at radius 2 is 1.88 bits per heavy atom. The van der Waals surface area contributed by atoms with Crippen molar-refractivity contribution < 1.29 is 14.3 Å². The molecule has 2 aliphatic rings. The molecule has 26 heavy (non-hydrogen) atoms. The van der Waals surface area contributed by atoms with Gasteiger partial charge in [-0.2, -0.15) is 0 Å². The van der Waals surface area contributed by atoms with Crippen molar-refractivity contribution in [3.8, 4) is 5.75 Å². The molecule has 0 radical (unpaired) electrons. The minimum atomic E-state index is -0.182. The minimum absolute atomic E-state index is 0.0678. The van der Waals surface area contributed by atoms with E-state index in [0.29, 0.717) is 11.3 Å². The van der Waals surface area contributed by atoms with Crippen molar-refractivity contribution in [1.29, 1.82) is 0 Å². The number of carbonyl (C=O) groups is 2. The van der Waals surface area contributed by atoms with Gasteiger partial charge in [0.05, 0.1) is 5.92 Å². The maximum absolute atomic E-state index is 12.5. The van der Waals surface area contributed by atoms with Gasteiger partial charge in [-0.05, 0) is 31.0 Å². The maximum atomic E-state index is 12.5. The average Bonchev–Trinajstić information content (AvgIpc) is 3.24. The molecule has 0 saturated carbocycles. The Hall–Kier alpha value is -2.62. The first kappa shape index (κ1) is 18.2. The Morgan fingerprint density at radius 3 is 2.54 bits per heavy atom. The molecule has 1 N–H and O–H groups in total. The number of esters is 1. The first-order chi connectivity index (χ1) is 12.6. The third kappa shape index (κ3) is 3.96. The molecule has 0 saturated heterocycles. The van der Waals surface area contributed by atoms with Gasteiger partial charge in [-0.3, -0.25) is 9.59 Å². The lowest BCUT2D eigenvalue weighted by molar-refractivity contribution is -0.139. The molecule has 1 aliphatic heterocycles. The van der Waals surface area contributed by atoms with Crippen LogP contribution >= 0.6 is 0 Å². The van der Waals surface area contributed by atoms with Crippen molar-refractivity contribution in [1.82, 2.24) is 0 Å². The van der Waals surface area contributed by atoms with Crippen LogP contribution in [-0.2, 0) is 9.59 Å². The molecule has 1 heterocycles. The standard InChI is InChI=1S/C22H25NO3/c1-3-7-16(8-4-2)22(25)26-17-11-12-20-18(14-17)19(21(24)23-20)13-15-9-5-6-10-15/h5-6,9-16H,3-4,7-8H2,1-2H3,(H,23,24). The molecule has 1 aliphatic carbocycles. The van der Waals surface area contributed by atoms with Gasteiger partial charge in [0.1, 0.15) is 5.75 Å². The average molecular weight is 351 g/mol. The smallest absolute Gasteiger partial charge is 0.314 e. The van der Waals surface area contributed by atoms with Gasteiger partial charge in [0.25, 0.3) is 5.91 Å². The molecule has 1 aromatic rings. The van der Waals surface area contributed by atoms with Gasteiger partial charge in [-0.25, -0.2) is 0 Å². The van der Waals surface area contributed by atoms with Gasteiger partial charge in [0.15, 0.2) is 0 Å². The number of hydrogen-bond donors (Lipinski definition) is 1. The SMILES string of the molecule is CCCC(CCC)C(=O)Oc1ccc2c(c1)C(=CC1C=CC=C1)C(=O)N2. The molecule has 3 rings (SSSR count). The molecule has 1 aromatic carbocycles. The number of nitrogens with one attached hydrogen (secondary N) is 1. The van der Waals surface area contributed by atoms with Crippen molar-refractivity contribution in [2.24, 2.45) is 11.8 Å². The zero-order chi connectivity index (χ0) is 18.5. The number of hydrogen-bond acceptors (Lipinski definition) is 3. The summed E-state index contributed by atoms with van der Waals surface area (Å²) in [6, 6.07) is 5.32.